The van der Waals surface area contributed by atoms with Crippen molar-refractivity contribution in [2.24, 2.45) is 11.8 Å². The monoisotopic (exact) mass is 501 g/mol. The molecule has 9 nitrogen and oxygen atoms in total. The van der Waals surface area contributed by atoms with Gasteiger partial charge in [0.2, 0.25) is 6.79 Å². The molecule has 0 unspecified atom stereocenters. The third kappa shape index (κ3) is 8.25. The highest BCUT2D eigenvalue weighted by atomic mass is 16.7. The number of rotatable bonds is 14. The van der Waals surface area contributed by atoms with Gasteiger partial charge in [-0.1, -0.05) is 45.9 Å². The summed E-state index contributed by atoms with van der Waals surface area (Å²) in [6.45, 7) is 8.37. The maximum absolute atomic E-state index is 13.0. The highest BCUT2D eigenvalue weighted by molar-refractivity contribution is 5.99. The van der Waals surface area contributed by atoms with Crippen LogP contribution in [0, 0.1) is 11.8 Å². The number of pyridine rings is 1. The predicted molar refractivity (Wildman–Crippen MR) is 132 cm³/mol. The second-order valence-electron chi connectivity index (χ2n) is 8.64. The lowest BCUT2D eigenvalue weighted by molar-refractivity contribution is -0.160. The molecule has 196 valence electrons. The topological polar surface area (TPSA) is 110 Å². The first-order chi connectivity index (χ1) is 17.2. The fourth-order valence-electron chi connectivity index (χ4n) is 3.50. The number of methoxy groups -OCH3 is 1. The quantitative estimate of drug-likeness (QED) is 0.208. The summed E-state index contributed by atoms with van der Waals surface area (Å²) in [6, 6.07) is 10.9. The molecule has 2 rings (SSSR count). The lowest BCUT2D eigenvalue weighted by Crippen LogP contribution is -2.40. The Morgan fingerprint density at radius 1 is 1.03 bits per heavy atom. The summed E-state index contributed by atoms with van der Waals surface area (Å²) < 4.78 is 27.4. The van der Waals surface area contributed by atoms with Gasteiger partial charge in [-0.2, -0.15) is 0 Å². The molecule has 1 heterocycles. The van der Waals surface area contributed by atoms with Gasteiger partial charge in [-0.05, 0) is 24.5 Å². The molecule has 0 fully saturated rings. The molecule has 0 aliphatic heterocycles. The van der Waals surface area contributed by atoms with Crippen LogP contribution < -0.4 is 14.2 Å². The van der Waals surface area contributed by atoms with Gasteiger partial charge in [-0.3, -0.25) is 14.4 Å². The number of hydrogen-bond donors (Lipinski definition) is 0. The zero-order valence-corrected chi connectivity index (χ0v) is 21.7. The van der Waals surface area contributed by atoms with Crippen LogP contribution >= 0.6 is 0 Å². The standard InChI is InChI=1S/C27H35NO8/c1-7-22(25(17(2)3)35-20-11-9-8-10-12-20)36-27(31)18(4)15-21(30)24-26(34-16-33-19(5)29)23(32-6)13-14-28-24/h8-14,17-18,22,25H,7,15-16H2,1-6H3/t18-,22+,25-/m1/s1. The Morgan fingerprint density at radius 3 is 2.31 bits per heavy atom. The van der Waals surface area contributed by atoms with Gasteiger partial charge in [0.1, 0.15) is 18.0 Å². The van der Waals surface area contributed by atoms with E-state index >= 15 is 0 Å². The second kappa shape index (κ2) is 14.1. The molecule has 0 amide bonds. The van der Waals surface area contributed by atoms with Crippen LogP contribution in [0.4, 0.5) is 0 Å². The SMILES string of the molecule is CC[C@H](OC(=O)[C@H](C)CC(=O)c1nccc(OC)c1OCOC(C)=O)[C@H](Oc1ccccc1)C(C)C. The molecule has 0 aliphatic rings. The summed E-state index contributed by atoms with van der Waals surface area (Å²) in [5.74, 6) is -1.17. The largest absolute Gasteiger partial charge is 0.493 e. The highest BCUT2D eigenvalue weighted by Gasteiger charge is 2.31. The number of aromatic nitrogens is 1. The molecule has 0 saturated carbocycles. The zero-order valence-electron chi connectivity index (χ0n) is 21.7. The molecule has 0 saturated heterocycles. The summed E-state index contributed by atoms with van der Waals surface area (Å²) in [5.41, 5.74) is -0.0272. The zero-order chi connectivity index (χ0) is 26.7. The Hall–Kier alpha value is -3.62. The smallest absolute Gasteiger partial charge is 0.309 e. The van der Waals surface area contributed by atoms with Crippen LogP contribution in [0.15, 0.2) is 42.6 Å². The van der Waals surface area contributed by atoms with E-state index in [0.29, 0.717) is 12.2 Å². The number of nitrogens with zero attached hydrogens (tertiary/aromatic N) is 1. The number of Topliss-reactive ketones (excluding diaryl/α,β-unsaturated/α-hetero) is 1. The van der Waals surface area contributed by atoms with Crippen LogP contribution in [-0.2, 0) is 19.1 Å². The van der Waals surface area contributed by atoms with E-state index in [4.69, 9.17) is 23.7 Å². The molecule has 0 radical (unpaired) electrons. The van der Waals surface area contributed by atoms with Crippen LogP contribution in [0.1, 0.15) is 57.9 Å². The number of ether oxygens (including phenoxy) is 5. The Balaban J connectivity index is 2.10. The van der Waals surface area contributed by atoms with Crippen molar-refractivity contribution in [1.82, 2.24) is 4.98 Å². The number of para-hydroxylation sites is 1. The highest BCUT2D eigenvalue weighted by Crippen LogP contribution is 2.31. The Bertz CT molecular complexity index is 1010. The molecule has 3 atom stereocenters. The number of ketones is 1. The summed E-state index contributed by atoms with van der Waals surface area (Å²) in [6.07, 6.45) is 0.937. The number of benzene rings is 1. The summed E-state index contributed by atoms with van der Waals surface area (Å²) in [5, 5.41) is 0. The Morgan fingerprint density at radius 2 is 1.72 bits per heavy atom. The molecule has 0 aliphatic carbocycles. The number of esters is 2. The third-order valence-corrected chi connectivity index (χ3v) is 5.42. The van der Waals surface area contributed by atoms with Crippen LogP contribution in [0.25, 0.3) is 0 Å². The molecule has 0 N–H and O–H groups in total. The average Bonchev–Trinajstić information content (AvgIpc) is 2.86. The van der Waals surface area contributed by atoms with E-state index < -0.39 is 36.5 Å². The number of carbonyl (C=O) groups is 3. The van der Waals surface area contributed by atoms with Crippen LogP contribution in [-0.4, -0.2) is 48.8 Å². The fraction of sp³-hybridized carbons (Fsp3) is 0.481. The predicted octanol–water partition coefficient (Wildman–Crippen LogP) is 4.62. The van der Waals surface area contributed by atoms with Crippen molar-refractivity contribution in [2.75, 3.05) is 13.9 Å². The van der Waals surface area contributed by atoms with Gasteiger partial charge in [0.25, 0.3) is 0 Å². The maximum Gasteiger partial charge on any atom is 0.309 e. The molecule has 0 spiro atoms. The normalized spacial score (nSPS) is 13.3. The van der Waals surface area contributed by atoms with Crippen molar-refractivity contribution in [2.45, 2.75) is 59.7 Å². The first-order valence-corrected chi connectivity index (χ1v) is 11.9. The van der Waals surface area contributed by atoms with Gasteiger partial charge in [0, 0.05) is 25.6 Å². The minimum atomic E-state index is -0.745. The molecule has 1 aromatic heterocycles. The Labute approximate surface area is 212 Å². The molecule has 1 aromatic carbocycles. The van der Waals surface area contributed by atoms with E-state index in [1.165, 1.54) is 26.3 Å². The van der Waals surface area contributed by atoms with Crippen molar-refractivity contribution in [1.29, 1.82) is 0 Å². The first-order valence-electron chi connectivity index (χ1n) is 11.9. The summed E-state index contributed by atoms with van der Waals surface area (Å²) in [4.78, 5) is 41.2. The van der Waals surface area contributed by atoms with E-state index in [0.717, 1.165) is 0 Å². The van der Waals surface area contributed by atoms with E-state index in [9.17, 15) is 14.4 Å². The molecule has 9 heteroatoms. The number of carbonyl (C=O) groups excluding carboxylic acids is 3. The lowest BCUT2D eigenvalue weighted by atomic mass is 9.98. The van der Waals surface area contributed by atoms with Gasteiger partial charge < -0.3 is 23.7 Å². The van der Waals surface area contributed by atoms with Gasteiger partial charge in [0.05, 0.1) is 13.0 Å². The van der Waals surface area contributed by atoms with Crippen LogP contribution in [0.3, 0.4) is 0 Å². The summed E-state index contributed by atoms with van der Waals surface area (Å²) >= 11 is 0. The molecule has 36 heavy (non-hydrogen) atoms. The maximum atomic E-state index is 13.0. The minimum Gasteiger partial charge on any atom is -0.493 e. The van der Waals surface area contributed by atoms with E-state index in [2.05, 4.69) is 4.98 Å². The van der Waals surface area contributed by atoms with E-state index in [1.54, 1.807) is 6.92 Å². The third-order valence-electron chi connectivity index (χ3n) is 5.42. The van der Waals surface area contributed by atoms with Crippen molar-refractivity contribution >= 4 is 17.7 Å². The van der Waals surface area contributed by atoms with Crippen LogP contribution in [0.5, 0.6) is 17.2 Å². The van der Waals surface area contributed by atoms with Crippen molar-refractivity contribution in [3.8, 4) is 17.2 Å². The van der Waals surface area contributed by atoms with E-state index in [-0.39, 0.29) is 35.6 Å². The first kappa shape index (κ1) is 28.6. The molecular formula is C27H35NO8. The minimum absolute atomic E-state index is 0.0272. The van der Waals surface area contributed by atoms with E-state index in [1.807, 2.05) is 51.1 Å². The van der Waals surface area contributed by atoms with Gasteiger partial charge in [-0.15, -0.1) is 0 Å². The van der Waals surface area contributed by atoms with Crippen molar-refractivity contribution in [3.63, 3.8) is 0 Å². The van der Waals surface area contributed by atoms with Crippen LogP contribution in [0.2, 0.25) is 0 Å². The Kier molecular flexibility index (Phi) is 11.2. The number of hydrogen-bond acceptors (Lipinski definition) is 9. The summed E-state index contributed by atoms with van der Waals surface area (Å²) in [7, 11) is 1.41. The van der Waals surface area contributed by atoms with Gasteiger partial charge in [-0.25, -0.2) is 4.98 Å². The molecule has 0 bridgehead atoms. The fourth-order valence-corrected chi connectivity index (χ4v) is 3.50. The van der Waals surface area contributed by atoms with Gasteiger partial charge in [0.15, 0.2) is 23.0 Å². The molecule has 2 aromatic rings. The van der Waals surface area contributed by atoms with Crippen molar-refractivity contribution in [3.05, 3.63) is 48.3 Å². The van der Waals surface area contributed by atoms with Crippen molar-refractivity contribution < 1.29 is 38.1 Å². The second-order valence-corrected chi connectivity index (χ2v) is 8.64. The lowest BCUT2D eigenvalue weighted by Gasteiger charge is -2.30. The van der Waals surface area contributed by atoms with Gasteiger partial charge >= 0.3 is 11.9 Å². The average molecular weight is 502 g/mol. The molecular weight excluding hydrogens is 466 g/mol.